The lowest BCUT2D eigenvalue weighted by molar-refractivity contribution is 0.102. The number of nitrogens with one attached hydrogen (secondary N) is 1. The van der Waals surface area contributed by atoms with Crippen LogP contribution in [0.3, 0.4) is 0 Å². The molecule has 6 heteroatoms. The number of aromatic nitrogens is 1. The van der Waals surface area contributed by atoms with Crippen LogP contribution in [0.1, 0.15) is 46.5 Å². The molecule has 0 saturated carbocycles. The van der Waals surface area contributed by atoms with Crippen molar-refractivity contribution in [3.05, 3.63) is 65.1 Å². The van der Waals surface area contributed by atoms with E-state index in [0.717, 1.165) is 23.7 Å². The van der Waals surface area contributed by atoms with Gasteiger partial charge in [0.25, 0.3) is 5.91 Å². The molecule has 0 radical (unpaired) electrons. The molecule has 0 aliphatic carbocycles. The maximum Gasteiger partial charge on any atom is 0.258 e. The second kappa shape index (κ2) is 8.82. The van der Waals surface area contributed by atoms with E-state index in [4.69, 9.17) is 4.74 Å². The van der Waals surface area contributed by atoms with Gasteiger partial charge in [0.05, 0.1) is 17.7 Å². The lowest BCUT2D eigenvalue weighted by Gasteiger charge is -2.13. The predicted octanol–water partition coefficient (Wildman–Crippen LogP) is 5.17. The Morgan fingerprint density at radius 2 is 2.07 bits per heavy atom. The lowest BCUT2D eigenvalue weighted by atomic mass is 10.1. The van der Waals surface area contributed by atoms with E-state index in [0.29, 0.717) is 35.0 Å². The molecule has 0 aliphatic heterocycles. The molecule has 1 amide bonds. The maximum atomic E-state index is 14.5. The molecule has 1 N–H and O–H groups in total. The third kappa shape index (κ3) is 4.59. The number of carbonyl (C=O) groups is 2. The van der Waals surface area contributed by atoms with Crippen LogP contribution in [0.15, 0.2) is 42.6 Å². The van der Waals surface area contributed by atoms with Gasteiger partial charge in [-0.05, 0) is 42.7 Å². The van der Waals surface area contributed by atoms with Gasteiger partial charge in [-0.15, -0.1) is 0 Å². The molecular formula is C23H23FN2O3. The van der Waals surface area contributed by atoms with Crippen LogP contribution in [-0.2, 0) is 0 Å². The van der Waals surface area contributed by atoms with Gasteiger partial charge in [-0.1, -0.05) is 26.3 Å². The molecule has 3 rings (SSSR count). The quantitative estimate of drug-likeness (QED) is 0.561. The number of amides is 1. The van der Waals surface area contributed by atoms with E-state index in [1.54, 1.807) is 24.3 Å². The molecule has 29 heavy (non-hydrogen) atoms. The lowest BCUT2D eigenvalue weighted by Crippen LogP contribution is -2.15. The van der Waals surface area contributed by atoms with Crippen molar-refractivity contribution in [1.29, 1.82) is 0 Å². The summed E-state index contributed by atoms with van der Waals surface area (Å²) in [5.41, 5.74) is 2.35. The monoisotopic (exact) mass is 394 g/mol. The van der Waals surface area contributed by atoms with Crippen LogP contribution in [0.4, 0.5) is 10.1 Å². The third-order valence-electron chi connectivity index (χ3n) is 4.93. The molecule has 0 saturated heterocycles. The Bertz CT molecular complexity index is 1070. The van der Waals surface area contributed by atoms with Crippen LogP contribution in [0.5, 0.6) is 5.75 Å². The Labute approximate surface area is 168 Å². The van der Waals surface area contributed by atoms with Crippen LogP contribution < -0.4 is 10.1 Å². The Kier molecular flexibility index (Phi) is 6.22. The molecular weight excluding hydrogens is 371 g/mol. The number of nitrogens with zero attached hydrogens (tertiary/aromatic N) is 1. The van der Waals surface area contributed by atoms with Gasteiger partial charge >= 0.3 is 0 Å². The highest BCUT2D eigenvalue weighted by Crippen LogP contribution is 2.26. The van der Waals surface area contributed by atoms with Crippen LogP contribution >= 0.6 is 0 Å². The normalized spacial score (nSPS) is 11.9. The molecule has 0 fully saturated rings. The van der Waals surface area contributed by atoms with Crippen molar-refractivity contribution >= 4 is 28.8 Å². The summed E-state index contributed by atoms with van der Waals surface area (Å²) in [6.07, 6.45) is 3.18. The van der Waals surface area contributed by atoms with Gasteiger partial charge in [0.1, 0.15) is 11.6 Å². The van der Waals surface area contributed by atoms with E-state index in [1.165, 1.54) is 18.3 Å². The number of aldehydes is 1. The zero-order chi connectivity index (χ0) is 21.0. The molecule has 0 bridgehead atoms. The van der Waals surface area contributed by atoms with Gasteiger partial charge in [-0.25, -0.2) is 4.39 Å². The number of ether oxygens (including phenoxy) is 1. The Balaban J connectivity index is 1.79. The number of halogens is 1. The summed E-state index contributed by atoms with van der Waals surface area (Å²) in [7, 11) is 0. The molecule has 0 aliphatic rings. The van der Waals surface area contributed by atoms with Crippen LogP contribution in [0.25, 0.3) is 10.9 Å². The van der Waals surface area contributed by atoms with Gasteiger partial charge in [0.15, 0.2) is 6.29 Å². The van der Waals surface area contributed by atoms with Crippen molar-refractivity contribution in [2.24, 2.45) is 5.92 Å². The van der Waals surface area contributed by atoms with E-state index in [-0.39, 0.29) is 5.56 Å². The van der Waals surface area contributed by atoms with Gasteiger partial charge < -0.3 is 10.1 Å². The minimum atomic E-state index is -0.642. The number of pyridine rings is 1. The van der Waals surface area contributed by atoms with Gasteiger partial charge in [0, 0.05) is 28.9 Å². The zero-order valence-corrected chi connectivity index (χ0v) is 16.7. The number of rotatable bonds is 7. The summed E-state index contributed by atoms with van der Waals surface area (Å²) < 4.78 is 20.0. The van der Waals surface area contributed by atoms with Crippen LogP contribution in [-0.4, -0.2) is 23.8 Å². The van der Waals surface area contributed by atoms with E-state index in [1.807, 2.05) is 6.92 Å². The topological polar surface area (TPSA) is 68.3 Å². The number of benzene rings is 2. The van der Waals surface area contributed by atoms with Crippen molar-refractivity contribution in [3.63, 3.8) is 0 Å². The number of anilines is 1. The number of hydrogen-bond donors (Lipinski definition) is 1. The highest BCUT2D eigenvalue weighted by molar-refractivity contribution is 6.06. The first kappa shape index (κ1) is 20.5. The summed E-state index contributed by atoms with van der Waals surface area (Å²) in [4.78, 5) is 27.8. The minimum Gasteiger partial charge on any atom is -0.493 e. The summed E-state index contributed by atoms with van der Waals surface area (Å²) in [5, 5.41) is 3.53. The first-order chi connectivity index (χ1) is 13.9. The Morgan fingerprint density at radius 3 is 2.76 bits per heavy atom. The third-order valence-corrected chi connectivity index (χ3v) is 4.93. The maximum absolute atomic E-state index is 14.5. The highest BCUT2D eigenvalue weighted by Gasteiger charge is 2.15. The standard InChI is InChI=1S/C23H23FN2O3/c1-4-14(2)13-29-18-6-7-19(20(24)10-18)23(28)26-21-8-5-17-9-16(12-27)11-25-22(17)15(21)3/h5-12,14H,4,13H2,1-3H3,(H,26,28). The van der Waals surface area contributed by atoms with E-state index in [9.17, 15) is 14.0 Å². The summed E-state index contributed by atoms with van der Waals surface area (Å²) >= 11 is 0. The molecule has 1 atom stereocenters. The first-order valence-corrected chi connectivity index (χ1v) is 9.51. The fourth-order valence-electron chi connectivity index (χ4n) is 2.88. The largest absolute Gasteiger partial charge is 0.493 e. The molecule has 3 aromatic rings. The SMILES string of the molecule is CCC(C)COc1ccc(C(=O)Nc2ccc3cc(C=O)cnc3c2C)c(F)c1. The molecule has 150 valence electrons. The summed E-state index contributed by atoms with van der Waals surface area (Å²) in [6, 6.07) is 9.45. The van der Waals surface area contributed by atoms with Crippen molar-refractivity contribution in [2.75, 3.05) is 11.9 Å². The molecule has 0 spiro atoms. The Morgan fingerprint density at radius 1 is 1.28 bits per heavy atom. The van der Waals surface area contributed by atoms with Crippen LogP contribution in [0.2, 0.25) is 0 Å². The molecule has 1 heterocycles. The molecule has 1 aromatic heterocycles. The van der Waals surface area contributed by atoms with Crippen molar-refractivity contribution in [2.45, 2.75) is 27.2 Å². The Hall–Kier alpha value is -3.28. The van der Waals surface area contributed by atoms with Crippen LogP contribution in [0, 0.1) is 18.7 Å². The number of aryl methyl sites for hydroxylation is 1. The second-order valence-electron chi connectivity index (χ2n) is 7.12. The van der Waals surface area contributed by atoms with Crippen molar-refractivity contribution in [3.8, 4) is 5.75 Å². The molecule has 2 aromatic carbocycles. The van der Waals surface area contributed by atoms with Crippen molar-refractivity contribution in [1.82, 2.24) is 4.98 Å². The smallest absolute Gasteiger partial charge is 0.258 e. The van der Waals surface area contributed by atoms with Crippen molar-refractivity contribution < 1.29 is 18.7 Å². The second-order valence-corrected chi connectivity index (χ2v) is 7.12. The fraction of sp³-hybridized carbons (Fsp3) is 0.261. The zero-order valence-electron chi connectivity index (χ0n) is 16.7. The first-order valence-electron chi connectivity index (χ1n) is 9.51. The number of fused-ring (bicyclic) bond motifs is 1. The highest BCUT2D eigenvalue weighted by atomic mass is 19.1. The summed E-state index contributed by atoms with van der Waals surface area (Å²) in [6.45, 7) is 6.43. The summed E-state index contributed by atoms with van der Waals surface area (Å²) in [5.74, 6) is -0.427. The average Bonchev–Trinajstić information content (AvgIpc) is 2.73. The molecule has 1 unspecified atom stereocenters. The molecule has 5 nitrogen and oxygen atoms in total. The average molecular weight is 394 g/mol. The van der Waals surface area contributed by atoms with E-state index < -0.39 is 11.7 Å². The predicted molar refractivity (Wildman–Crippen MR) is 111 cm³/mol. The van der Waals surface area contributed by atoms with Gasteiger partial charge in [-0.3, -0.25) is 14.6 Å². The van der Waals surface area contributed by atoms with Gasteiger partial charge in [0.2, 0.25) is 0 Å². The minimum absolute atomic E-state index is 0.0651. The number of hydrogen-bond acceptors (Lipinski definition) is 4. The number of carbonyl (C=O) groups excluding carboxylic acids is 2. The fourth-order valence-corrected chi connectivity index (χ4v) is 2.88. The van der Waals surface area contributed by atoms with E-state index in [2.05, 4.69) is 24.1 Å². The van der Waals surface area contributed by atoms with E-state index >= 15 is 0 Å². The van der Waals surface area contributed by atoms with Gasteiger partial charge in [-0.2, -0.15) is 0 Å².